The highest BCUT2D eigenvalue weighted by Crippen LogP contribution is 2.25. The number of fused-ring (bicyclic) bond motifs is 1. The van der Waals surface area contributed by atoms with E-state index in [9.17, 15) is 9.59 Å². The van der Waals surface area contributed by atoms with Crippen LogP contribution in [0.2, 0.25) is 0 Å². The van der Waals surface area contributed by atoms with Crippen molar-refractivity contribution >= 4 is 22.9 Å². The maximum atomic E-state index is 12.2. The number of Topliss-reactive ketones (excluding diaryl/α,β-unsaturated/α-hetero) is 1. The van der Waals surface area contributed by atoms with E-state index in [0.29, 0.717) is 22.7 Å². The summed E-state index contributed by atoms with van der Waals surface area (Å²) in [6.07, 6.45) is 1.39. The van der Waals surface area contributed by atoms with Gasteiger partial charge in [0.25, 0.3) is 0 Å². The second kappa shape index (κ2) is 4.82. The predicted molar refractivity (Wildman–Crippen MR) is 74.3 cm³/mol. The van der Waals surface area contributed by atoms with Crippen LogP contribution in [0.5, 0.6) is 0 Å². The maximum Gasteiger partial charge on any atom is 0.210 e. The maximum absolute atomic E-state index is 12.2. The zero-order valence-electron chi connectivity index (χ0n) is 10.1. The lowest BCUT2D eigenvalue weighted by Gasteiger charge is -2.13. The van der Waals surface area contributed by atoms with Gasteiger partial charge in [-0.15, -0.1) is 11.3 Å². The molecule has 1 aromatic carbocycles. The molecule has 0 saturated carbocycles. The smallest absolute Gasteiger partial charge is 0.210 e. The molecule has 0 atom stereocenters. The molecule has 0 radical (unpaired) electrons. The first-order valence-electron chi connectivity index (χ1n) is 5.92. The Balaban J connectivity index is 1.79. The summed E-state index contributed by atoms with van der Waals surface area (Å²) in [6.45, 7) is 0.533. The Morgan fingerprint density at radius 2 is 1.84 bits per heavy atom. The fraction of sp³-hybridized carbons (Fsp3) is 0.0667. The minimum atomic E-state index is -0.105. The summed E-state index contributed by atoms with van der Waals surface area (Å²) in [5, 5.41) is 4.82. The van der Waals surface area contributed by atoms with Crippen molar-refractivity contribution in [3.63, 3.8) is 0 Å². The van der Waals surface area contributed by atoms with Crippen molar-refractivity contribution in [2.24, 2.45) is 0 Å². The Morgan fingerprint density at radius 1 is 1.05 bits per heavy atom. The molecule has 0 saturated heterocycles. The van der Waals surface area contributed by atoms with Gasteiger partial charge in [0, 0.05) is 18.2 Å². The number of carbonyl (C=O) groups is 2. The molecule has 1 N–H and O–H groups in total. The first-order chi connectivity index (χ1) is 9.25. The molecule has 2 aromatic rings. The molecule has 0 bridgehead atoms. The van der Waals surface area contributed by atoms with Crippen LogP contribution >= 0.6 is 11.3 Å². The van der Waals surface area contributed by atoms with Crippen molar-refractivity contribution in [1.29, 1.82) is 0 Å². The van der Waals surface area contributed by atoms with Crippen molar-refractivity contribution in [3.8, 4) is 0 Å². The monoisotopic (exact) mass is 269 g/mol. The topological polar surface area (TPSA) is 46.2 Å². The van der Waals surface area contributed by atoms with Crippen LogP contribution in [0.25, 0.3) is 0 Å². The summed E-state index contributed by atoms with van der Waals surface area (Å²) in [5.74, 6) is -0.202. The summed E-state index contributed by atoms with van der Waals surface area (Å²) in [7, 11) is 0. The zero-order valence-corrected chi connectivity index (χ0v) is 10.9. The molecule has 0 amide bonds. The van der Waals surface area contributed by atoms with Crippen LogP contribution in [0.3, 0.4) is 0 Å². The molecule has 1 aliphatic carbocycles. The number of rotatable bonds is 3. The van der Waals surface area contributed by atoms with E-state index in [1.165, 1.54) is 17.4 Å². The van der Waals surface area contributed by atoms with Gasteiger partial charge in [0.2, 0.25) is 5.78 Å². The molecule has 4 heteroatoms. The van der Waals surface area contributed by atoms with Gasteiger partial charge < -0.3 is 5.32 Å². The highest BCUT2D eigenvalue weighted by Gasteiger charge is 2.26. The molecular weight excluding hydrogens is 258 g/mol. The van der Waals surface area contributed by atoms with E-state index in [1.54, 1.807) is 11.4 Å². The SMILES string of the molecule is O=C1C(NCc2ccccc2)=CC(=O)c2sccc21. The lowest BCUT2D eigenvalue weighted by molar-refractivity contribution is 0.0981. The van der Waals surface area contributed by atoms with Crippen LogP contribution in [-0.4, -0.2) is 11.6 Å². The molecule has 1 heterocycles. The lowest BCUT2D eigenvalue weighted by atomic mass is 10.0. The van der Waals surface area contributed by atoms with E-state index in [1.807, 2.05) is 30.3 Å². The minimum Gasteiger partial charge on any atom is -0.378 e. The number of allylic oxidation sites excluding steroid dienone is 2. The molecule has 0 unspecified atom stereocenters. The summed E-state index contributed by atoms with van der Waals surface area (Å²) < 4.78 is 0. The number of carbonyl (C=O) groups excluding carboxylic acids is 2. The molecule has 1 aliphatic rings. The van der Waals surface area contributed by atoms with E-state index in [-0.39, 0.29) is 11.6 Å². The number of hydrogen-bond acceptors (Lipinski definition) is 4. The molecular formula is C15H11NO2S. The fourth-order valence-corrected chi connectivity index (χ4v) is 2.81. The van der Waals surface area contributed by atoms with Crippen molar-refractivity contribution in [1.82, 2.24) is 5.32 Å². The second-order valence-corrected chi connectivity index (χ2v) is 5.17. The van der Waals surface area contributed by atoms with E-state index < -0.39 is 0 Å². The Kier molecular flexibility index (Phi) is 3.01. The molecule has 1 aromatic heterocycles. The van der Waals surface area contributed by atoms with Gasteiger partial charge in [-0.25, -0.2) is 0 Å². The van der Waals surface area contributed by atoms with Gasteiger partial charge in [0.1, 0.15) is 0 Å². The minimum absolute atomic E-state index is 0.0971. The third kappa shape index (κ3) is 2.22. The Bertz CT molecular complexity index is 670. The number of thiophene rings is 1. The van der Waals surface area contributed by atoms with Gasteiger partial charge in [-0.2, -0.15) is 0 Å². The van der Waals surface area contributed by atoms with Crippen LogP contribution in [0.4, 0.5) is 0 Å². The van der Waals surface area contributed by atoms with Crippen LogP contribution in [0.15, 0.2) is 53.6 Å². The highest BCUT2D eigenvalue weighted by molar-refractivity contribution is 7.12. The summed E-state index contributed by atoms with van der Waals surface area (Å²) in [5.41, 5.74) is 1.95. The van der Waals surface area contributed by atoms with Gasteiger partial charge in [0.05, 0.1) is 10.6 Å². The van der Waals surface area contributed by atoms with Crippen molar-refractivity contribution in [2.75, 3.05) is 0 Å². The number of benzene rings is 1. The standard InChI is InChI=1S/C15H11NO2S/c17-13-8-12(14(18)11-6-7-19-15(11)13)16-9-10-4-2-1-3-5-10/h1-8,16H,9H2. The normalized spacial score (nSPS) is 14.0. The number of ketones is 2. The number of nitrogens with one attached hydrogen (secondary N) is 1. The average molecular weight is 269 g/mol. The molecule has 0 fully saturated rings. The zero-order chi connectivity index (χ0) is 13.2. The molecule has 19 heavy (non-hydrogen) atoms. The van der Waals surface area contributed by atoms with Crippen LogP contribution in [-0.2, 0) is 6.54 Å². The first kappa shape index (κ1) is 11.9. The lowest BCUT2D eigenvalue weighted by Crippen LogP contribution is -2.25. The van der Waals surface area contributed by atoms with Crippen LogP contribution in [0.1, 0.15) is 25.6 Å². The summed E-state index contributed by atoms with van der Waals surface area (Å²) in [4.78, 5) is 24.6. The first-order valence-corrected chi connectivity index (χ1v) is 6.79. The van der Waals surface area contributed by atoms with E-state index in [2.05, 4.69) is 5.32 Å². The van der Waals surface area contributed by atoms with Gasteiger partial charge in [-0.1, -0.05) is 30.3 Å². The van der Waals surface area contributed by atoms with Crippen molar-refractivity contribution < 1.29 is 9.59 Å². The molecule has 3 nitrogen and oxygen atoms in total. The summed E-state index contributed by atoms with van der Waals surface area (Å²) >= 11 is 1.31. The van der Waals surface area contributed by atoms with Gasteiger partial charge in [-0.05, 0) is 17.0 Å². The van der Waals surface area contributed by atoms with Crippen LogP contribution in [0, 0.1) is 0 Å². The quantitative estimate of drug-likeness (QED) is 0.932. The highest BCUT2D eigenvalue weighted by atomic mass is 32.1. The molecule has 0 aliphatic heterocycles. The van der Waals surface area contributed by atoms with Crippen molar-refractivity contribution in [2.45, 2.75) is 6.54 Å². The third-order valence-corrected chi connectivity index (χ3v) is 3.91. The van der Waals surface area contributed by atoms with Crippen LogP contribution < -0.4 is 5.32 Å². The second-order valence-electron chi connectivity index (χ2n) is 4.25. The van der Waals surface area contributed by atoms with Gasteiger partial charge in [-0.3, -0.25) is 9.59 Å². The van der Waals surface area contributed by atoms with Gasteiger partial charge >= 0.3 is 0 Å². The molecule has 3 rings (SSSR count). The van der Waals surface area contributed by atoms with E-state index >= 15 is 0 Å². The predicted octanol–water partition coefficient (Wildman–Crippen LogP) is 2.80. The fourth-order valence-electron chi connectivity index (χ4n) is 2.01. The van der Waals surface area contributed by atoms with Crippen molar-refractivity contribution in [3.05, 3.63) is 69.6 Å². The largest absolute Gasteiger partial charge is 0.378 e. The Morgan fingerprint density at radius 3 is 2.63 bits per heavy atom. The average Bonchev–Trinajstić information content (AvgIpc) is 2.92. The Labute approximate surface area is 114 Å². The summed E-state index contributed by atoms with van der Waals surface area (Å²) in [6, 6.07) is 11.5. The molecule has 0 spiro atoms. The molecule has 94 valence electrons. The Hall–Kier alpha value is -2.20. The van der Waals surface area contributed by atoms with E-state index in [4.69, 9.17) is 0 Å². The third-order valence-electron chi connectivity index (χ3n) is 2.98. The number of hydrogen-bond donors (Lipinski definition) is 1. The van der Waals surface area contributed by atoms with E-state index in [0.717, 1.165) is 5.56 Å². The van der Waals surface area contributed by atoms with Gasteiger partial charge in [0.15, 0.2) is 5.78 Å².